The summed E-state index contributed by atoms with van der Waals surface area (Å²) in [4.78, 5) is 26.5. The summed E-state index contributed by atoms with van der Waals surface area (Å²) < 4.78 is 5.33. The van der Waals surface area contributed by atoms with Gasteiger partial charge in [0.05, 0.1) is 22.1 Å². The zero-order chi connectivity index (χ0) is 24.5. The van der Waals surface area contributed by atoms with Crippen LogP contribution >= 0.6 is 23.2 Å². The average Bonchev–Trinajstić information content (AvgIpc) is 2.76. The fourth-order valence-electron chi connectivity index (χ4n) is 5.63. The number of halogens is 2. The molecular weight excluding hydrogens is 475 g/mol. The van der Waals surface area contributed by atoms with Crippen LogP contribution in [0.5, 0.6) is 5.75 Å². The Morgan fingerprint density at radius 3 is 2.71 bits per heavy atom. The van der Waals surface area contributed by atoms with Crippen molar-refractivity contribution in [1.82, 2.24) is 10.2 Å². The summed E-state index contributed by atoms with van der Waals surface area (Å²) in [6, 6.07) is 12.6. The number of likely N-dealkylation sites (tertiary alicyclic amines) is 1. The van der Waals surface area contributed by atoms with Crippen molar-refractivity contribution < 1.29 is 19.4 Å². The number of likely N-dealkylation sites (N-methyl/N-ethyl adjacent to an activating group) is 1. The minimum atomic E-state index is -0.945. The standard InChI is InChI=1S/C26H30Cl2N2O4/c1-17(31)34-21-5-3-4-19(14-21)25-10-11-30(2)16-26(25,33)9-8-20(15-25)29-24(32)13-18-6-7-22(27)23(28)12-18/h3-7,12,14,20,33H,8-11,13,15-16H2,1-2H3,(H,29,32)/t20-,25?,26?/m1/s1. The molecule has 1 heterocycles. The van der Waals surface area contributed by atoms with Crippen LogP contribution in [0.2, 0.25) is 10.0 Å². The molecule has 2 aromatic carbocycles. The van der Waals surface area contributed by atoms with Crippen molar-refractivity contribution >= 4 is 35.1 Å². The number of carbonyl (C=O) groups excluding carboxylic acids is 2. The summed E-state index contributed by atoms with van der Waals surface area (Å²) in [6.07, 6.45) is 2.79. The Balaban J connectivity index is 1.57. The number of nitrogens with one attached hydrogen (secondary N) is 1. The monoisotopic (exact) mass is 504 g/mol. The highest BCUT2D eigenvalue weighted by Crippen LogP contribution is 2.52. The van der Waals surface area contributed by atoms with Gasteiger partial charge in [0.15, 0.2) is 0 Å². The van der Waals surface area contributed by atoms with Gasteiger partial charge in [0, 0.05) is 24.9 Å². The molecule has 4 rings (SSSR count). The molecule has 2 fully saturated rings. The summed E-state index contributed by atoms with van der Waals surface area (Å²) in [5.41, 5.74) is 0.225. The molecule has 2 aliphatic rings. The maximum atomic E-state index is 12.9. The normalized spacial score (nSPS) is 27.0. The first-order valence-electron chi connectivity index (χ1n) is 11.5. The van der Waals surface area contributed by atoms with E-state index in [1.165, 1.54) is 6.92 Å². The Morgan fingerprint density at radius 1 is 1.18 bits per heavy atom. The summed E-state index contributed by atoms with van der Waals surface area (Å²) in [6.45, 7) is 2.75. The smallest absolute Gasteiger partial charge is 0.308 e. The van der Waals surface area contributed by atoms with Crippen molar-refractivity contribution in [1.29, 1.82) is 0 Å². The predicted molar refractivity (Wildman–Crippen MR) is 132 cm³/mol. The molecule has 182 valence electrons. The third-order valence-electron chi connectivity index (χ3n) is 7.21. The first kappa shape index (κ1) is 25.0. The van der Waals surface area contributed by atoms with E-state index in [4.69, 9.17) is 27.9 Å². The average molecular weight is 505 g/mol. The van der Waals surface area contributed by atoms with Crippen molar-refractivity contribution in [2.75, 3.05) is 20.1 Å². The van der Waals surface area contributed by atoms with Gasteiger partial charge in [0.1, 0.15) is 5.75 Å². The lowest BCUT2D eigenvalue weighted by Crippen LogP contribution is -2.66. The summed E-state index contributed by atoms with van der Waals surface area (Å²) in [5.74, 6) is -0.0126. The van der Waals surface area contributed by atoms with E-state index >= 15 is 0 Å². The number of hydrogen-bond acceptors (Lipinski definition) is 5. The Hall–Kier alpha value is -2.12. The van der Waals surface area contributed by atoms with Crippen LogP contribution < -0.4 is 10.1 Å². The van der Waals surface area contributed by atoms with Crippen LogP contribution in [0.4, 0.5) is 0 Å². The Kier molecular flexibility index (Phi) is 7.25. The van der Waals surface area contributed by atoms with E-state index in [1.807, 2.05) is 25.2 Å². The molecule has 1 aliphatic heterocycles. The molecule has 6 nitrogen and oxygen atoms in total. The second kappa shape index (κ2) is 9.86. The maximum absolute atomic E-state index is 12.9. The fourth-order valence-corrected chi connectivity index (χ4v) is 5.95. The molecule has 1 aliphatic carbocycles. The van der Waals surface area contributed by atoms with E-state index in [9.17, 15) is 14.7 Å². The lowest BCUT2D eigenvalue weighted by molar-refractivity contribution is -0.132. The number of ether oxygens (including phenoxy) is 1. The second-order valence-corrected chi connectivity index (χ2v) is 10.5. The number of amides is 1. The van der Waals surface area contributed by atoms with Crippen LogP contribution in [-0.4, -0.2) is 53.7 Å². The number of aliphatic hydroxyl groups is 1. The highest BCUT2D eigenvalue weighted by Gasteiger charge is 2.57. The molecule has 0 bridgehead atoms. The summed E-state index contributed by atoms with van der Waals surface area (Å²) in [7, 11) is 2.02. The number of carbonyl (C=O) groups is 2. The van der Waals surface area contributed by atoms with Gasteiger partial charge in [-0.2, -0.15) is 0 Å². The van der Waals surface area contributed by atoms with E-state index < -0.39 is 11.0 Å². The quantitative estimate of drug-likeness (QED) is 0.472. The lowest BCUT2D eigenvalue weighted by atomic mass is 9.55. The Bertz CT molecular complexity index is 1090. The molecule has 2 aromatic rings. The second-order valence-electron chi connectivity index (χ2n) is 9.66. The van der Waals surface area contributed by atoms with Gasteiger partial charge >= 0.3 is 5.97 Å². The predicted octanol–water partition coefficient (Wildman–Crippen LogP) is 4.13. The SMILES string of the molecule is CC(=O)Oc1cccc(C23CCN(C)CC2(O)CC[C@@H](NC(=O)Cc2ccc(Cl)c(Cl)c2)C3)c1. The number of hydrogen-bond donors (Lipinski definition) is 2. The molecule has 2 N–H and O–H groups in total. The van der Waals surface area contributed by atoms with Crippen molar-refractivity contribution in [2.24, 2.45) is 0 Å². The van der Waals surface area contributed by atoms with Gasteiger partial charge in [0.2, 0.25) is 5.91 Å². The lowest BCUT2D eigenvalue weighted by Gasteiger charge is -2.57. The van der Waals surface area contributed by atoms with Crippen LogP contribution in [0.15, 0.2) is 42.5 Å². The number of piperidine rings is 1. The van der Waals surface area contributed by atoms with Gasteiger partial charge in [0.25, 0.3) is 0 Å². The number of esters is 1. The highest BCUT2D eigenvalue weighted by atomic mass is 35.5. The molecular formula is C26H30Cl2N2O4. The number of β-amino-alcohol motifs (C(OH)–C–C–N with tert-alkyl or cyclic N) is 1. The van der Waals surface area contributed by atoms with Crippen LogP contribution in [0.3, 0.4) is 0 Å². The molecule has 34 heavy (non-hydrogen) atoms. The summed E-state index contributed by atoms with van der Waals surface area (Å²) in [5, 5.41) is 16.0. The van der Waals surface area contributed by atoms with Crippen LogP contribution in [-0.2, 0) is 21.4 Å². The third kappa shape index (κ3) is 5.10. The van der Waals surface area contributed by atoms with Crippen LogP contribution in [0.1, 0.15) is 43.7 Å². The number of nitrogens with zero attached hydrogens (tertiary/aromatic N) is 1. The fraction of sp³-hybridized carbons (Fsp3) is 0.462. The maximum Gasteiger partial charge on any atom is 0.308 e. The molecule has 2 unspecified atom stereocenters. The van der Waals surface area contributed by atoms with Gasteiger partial charge in [-0.25, -0.2) is 0 Å². The zero-order valence-electron chi connectivity index (χ0n) is 19.4. The van der Waals surface area contributed by atoms with Gasteiger partial charge < -0.3 is 20.1 Å². The van der Waals surface area contributed by atoms with Gasteiger partial charge in [-0.3, -0.25) is 9.59 Å². The molecule has 1 amide bonds. The topological polar surface area (TPSA) is 78.9 Å². The molecule has 1 saturated carbocycles. The van der Waals surface area contributed by atoms with Crippen LogP contribution in [0.25, 0.3) is 0 Å². The highest BCUT2D eigenvalue weighted by molar-refractivity contribution is 6.42. The van der Waals surface area contributed by atoms with E-state index in [1.54, 1.807) is 24.3 Å². The minimum Gasteiger partial charge on any atom is -0.427 e. The largest absolute Gasteiger partial charge is 0.427 e. The first-order chi connectivity index (χ1) is 16.1. The van der Waals surface area contributed by atoms with Crippen molar-refractivity contribution in [2.45, 2.75) is 56.1 Å². The molecule has 0 spiro atoms. The van der Waals surface area contributed by atoms with Gasteiger partial charge in [-0.05, 0) is 74.7 Å². The van der Waals surface area contributed by atoms with Crippen molar-refractivity contribution in [3.05, 3.63) is 63.6 Å². The first-order valence-corrected chi connectivity index (χ1v) is 12.3. The molecule has 3 atom stereocenters. The minimum absolute atomic E-state index is 0.0867. The van der Waals surface area contributed by atoms with E-state index in [2.05, 4.69) is 10.2 Å². The number of benzene rings is 2. The summed E-state index contributed by atoms with van der Waals surface area (Å²) >= 11 is 12.1. The Morgan fingerprint density at radius 2 is 1.97 bits per heavy atom. The van der Waals surface area contributed by atoms with Crippen molar-refractivity contribution in [3.63, 3.8) is 0 Å². The van der Waals surface area contributed by atoms with Crippen molar-refractivity contribution in [3.8, 4) is 5.75 Å². The third-order valence-corrected chi connectivity index (χ3v) is 7.94. The van der Waals surface area contributed by atoms with Gasteiger partial charge in [-0.1, -0.05) is 41.4 Å². The number of fused-ring (bicyclic) bond motifs is 1. The molecule has 8 heteroatoms. The molecule has 1 saturated heterocycles. The Labute approximate surface area is 210 Å². The number of rotatable bonds is 5. The van der Waals surface area contributed by atoms with E-state index in [0.29, 0.717) is 41.6 Å². The molecule has 0 radical (unpaired) electrons. The zero-order valence-corrected chi connectivity index (χ0v) is 21.0. The van der Waals surface area contributed by atoms with Crippen LogP contribution in [0, 0.1) is 0 Å². The van der Waals surface area contributed by atoms with E-state index in [0.717, 1.165) is 24.1 Å². The van der Waals surface area contributed by atoms with Gasteiger partial charge in [-0.15, -0.1) is 0 Å². The van der Waals surface area contributed by atoms with E-state index in [-0.39, 0.29) is 24.3 Å². The molecule has 0 aromatic heterocycles.